The number of carbonyl (C=O) groups excluding carboxylic acids is 3. The summed E-state index contributed by atoms with van der Waals surface area (Å²) in [5.74, 6) is -2.00. The first kappa shape index (κ1) is 15.4. The van der Waals surface area contributed by atoms with Crippen molar-refractivity contribution >= 4 is 17.9 Å². The van der Waals surface area contributed by atoms with Crippen LogP contribution in [0.4, 0.5) is 0 Å². The van der Waals surface area contributed by atoms with Crippen LogP contribution in [0.2, 0.25) is 0 Å². The lowest BCUT2D eigenvalue weighted by atomic mass is 10.0. The lowest BCUT2D eigenvalue weighted by Gasteiger charge is -2.13. The zero-order valence-electron chi connectivity index (χ0n) is 10.4. The van der Waals surface area contributed by atoms with Gasteiger partial charge in [-0.2, -0.15) is 0 Å². The number of hydrogen-bond acceptors (Lipinski definition) is 6. The summed E-state index contributed by atoms with van der Waals surface area (Å²) in [6.45, 7) is 3.17. The van der Waals surface area contributed by atoms with Gasteiger partial charge in [0.05, 0.1) is 19.6 Å². The van der Waals surface area contributed by atoms with Crippen molar-refractivity contribution in [3.8, 4) is 0 Å². The van der Waals surface area contributed by atoms with Gasteiger partial charge in [0.15, 0.2) is 0 Å². The van der Waals surface area contributed by atoms with E-state index < -0.39 is 17.9 Å². The molecule has 0 saturated carbocycles. The molecule has 0 amide bonds. The maximum absolute atomic E-state index is 11.3. The van der Waals surface area contributed by atoms with E-state index in [0.717, 1.165) is 0 Å². The summed E-state index contributed by atoms with van der Waals surface area (Å²) >= 11 is 0. The quantitative estimate of drug-likeness (QED) is 0.485. The maximum atomic E-state index is 11.3. The second kappa shape index (κ2) is 8.55. The Morgan fingerprint density at radius 2 is 1.82 bits per heavy atom. The van der Waals surface area contributed by atoms with Crippen molar-refractivity contribution in [3.05, 3.63) is 0 Å². The van der Waals surface area contributed by atoms with E-state index in [0.29, 0.717) is 6.61 Å². The Morgan fingerprint density at radius 3 is 2.29 bits per heavy atom. The molecule has 6 heteroatoms. The molecule has 0 rings (SSSR count). The van der Waals surface area contributed by atoms with Gasteiger partial charge in [0.1, 0.15) is 6.61 Å². The Hall–Kier alpha value is -1.59. The number of methoxy groups -OCH3 is 1. The predicted molar refractivity (Wildman–Crippen MR) is 58.0 cm³/mol. The standard InChI is InChI=1S/C11H18O6/c1-4-16-10(13)6-5-9(11(14)15-3)7-17-8(2)12/h9H,4-7H2,1-3H3. The van der Waals surface area contributed by atoms with Gasteiger partial charge in [-0.05, 0) is 13.3 Å². The van der Waals surface area contributed by atoms with Crippen LogP contribution in [0.15, 0.2) is 0 Å². The molecule has 1 unspecified atom stereocenters. The summed E-state index contributed by atoms with van der Waals surface area (Å²) in [5.41, 5.74) is 0. The molecule has 0 aliphatic carbocycles. The zero-order valence-corrected chi connectivity index (χ0v) is 10.4. The Balaban J connectivity index is 4.14. The molecule has 0 saturated heterocycles. The summed E-state index contributed by atoms with van der Waals surface area (Å²) in [5, 5.41) is 0. The highest BCUT2D eigenvalue weighted by atomic mass is 16.5. The molecule has 0 aliphatic rings. The van der Waals surface area contributed by atoms with Crippen molar-refractivity contribution < 1.29 is 28.6 Å². The molecule has 0 spiro atoms. The fourth-order valence-electron chi connectivity index (χ4n) is 1.18. The summed E-state index contributed by atoms with van der Waals surface area (Å²) < 4.78 is 14.0. The lowest BCUT2D eigenvalue weighted by molar-refractivity contribution is -0.152. The Labute approximate surface area is 100 Å². The fourth-order valence-corrected chi connectivity index (χ4v) is 1.18. The molecule has 0 aromatic heterocycles. The molecule has 0 fully saturated rings. The lowest BCUT2D eigenvalue weighted by Crippen LogP contribution is -2.24. The van der Waals surface area contributed by atoms with Gasteiger partial charge >= 0.3 is 17.9 Å². The molecule has 0 bridgehead atoms. The molecule has 0 radical (unpaired) electrons. The average molecular weight is 246 g/mol. The first-order valence-corrected chi connectivity index (χ1v) is 5.38. The summed E-state index contributed by atoms with van der Waals surface area (Å²) in [6.07, 6.45) is 0.327. The average Bonchev–Trinajstić information content (AvgIpc) is 2.28. The largest absolute Gasteiger partial charge is 0.469 e. The predicted octanol–water partition coefficient (Wildman–Crippen LogP) is 0.682. The number of ether oxygens (including phenoxy) is 3. The van der Waals surface area contributed by atoms with Crippen molar-refractivity contribution in [1.29, 1.82) is 0 Å². The smallest absolute Gasteiger partial charge is 0.312 e. The van der Waals surface area contributed by atoms with Crippen LogP contribution >= 0.6 is 0 Å². The first-order chi connectivity index (χ1) is 8.01. The van der Waals surface area contributed by atoms with Gasteiger partial charge in [-0.15, -0.1) is 0 Å². The van der Waals surface area contributed by atoms with Gasteiger partial charge in [0, 0.05) is 13.3 Å². The van der Waals surface area contributed by atoms with E-state index in [9.17, 15) is 14.4 Å². The third-order valence-corrected chi connectivity index (χ3v) is 2.02. The number of hydrogen-bond donors (Lipinski definition) is 0. The third kappa shape index (κ3) is 7.32. The zero-order chi connectivity index (χ0) is 13.3. The molecular formula is C11H18O6. The summed E-state index contributed by atoms with van der Waals surface area (Å²) in [7, 11) is 1.24. The minimum Gasteiger partial charge on any atom is -0.469 e. The van der Waals surface area contributed by atoms with Gasteiger partial charge in [-0.1, -0.05) is 0 Å². The Morgan fingerprint density at radius 1 is 1.18 bits per heavy atom. The van der Waals surface area contributed by atoms with Gasteiger partial charge in [0.25, 0.3) is 0 Å². The van der Waals surface area contributed by atoms with Crippen molar-refractivity contribution in [3.63, 3.8) is 0 Å². The highest BCUT2D eigenvalue weighted by Crippen LogP contribution is 2.10. The van der Waals surface area contributed by atoms with Crippen LogP contribution in [0.5, 0.6) is 0 Å². The monoisotopic (exact) mass is 246 g/mol. The number of esters is 3. The Kier molecular flexibility index (Phi) is 7.75. The SMILES string of the molecule is CCOC(=O)CCC(COC(C)=O)C(=O)OC. The highest BCUT2D eigenvalue weighted by Gasteiger charge is 2.22. The van der Waals surface area contributed by atoms with Gasteiger partial charge < -0.3 is 14.2 Å². The normalized spacial score (nSPS) is 11.5. The Bertz CT molecular complexity index is 273. The van der Waals surface area contributed by atoms with Crippen LogP contribution < -0.4 is 0 Å². The molecule has 0 N–H and O–H groups in total. The van der Waals surface area contributed by atoms with Crippen LogP contribution in [0.3, 0.4) is 0 Å². The molecule has 0 aromatic carbocycles. The van der Waals surface area contributed by atoms with Crippen molar-refractivity contribution in [2.45, 2.75) is 26.7 Å². The van der Waals surface area contributed by atoms with Gasteiger partial charge in [-0.25, -0.2) is 0 Å². The van der Waals surface area contributed by atoms with Crippen LogP contribution in [0.1, 0.15) is 26.7 Å². The van der Waals surface area contributed by atoms with Crippen molar-refractivity contribution in [2.24, 2.45) is 5.92 Å². The van der Waals surface area contributed by atoms with E-state index in [2.05, 4.69) is 4.74 Å². The van der Waals surface area contributed by atoms with Crippen molar-refractivity contribution in [1.82, 2.24) is 0 Å². The van der Waals surface area contributed by atoms with Crippen LogP contribution in [-0.4, -0.2) is 38.2 Å². The minimum atomic E-state index is -0.631. The molecule has 17 heavy (non-hydrogen) atoms. The van der Waals surface area contributed by atoms with E-state index in [4.69, 9.17) is 9.47 Å². The number of carbonyl (C=O) groups is 3. The van der Waals surface area contributed by atoms with E-state index >= 15 is 0 Å². The number of rotatable bonds is 7. The first-order valence-electron chi connectivity index (χ1n) is 5.38. The van der Waals surface area contributed by atoms with Crippen LogP contribution in [-0.2, 0) is 28.6 Å². The topological polar surface area (TPSA) is 78.9 Å². The summed E-state index contributed by atoms with van der Waals surface area (Å²) in [4.78, 5) is 33.1. The molecule has 0 aliphatic heterocycles. The highest BCUT2D eigenvalue weighted by molar-refractivity contribution is 5.75. The second-order valence-electron chi connectivity index (χ2n) is 3.37. The molecule has 0 aromatic rings. The second-order valence-corrected chi connectivity index (χ2v) is 3.37. The van der Waals surface area contributed by atoms with Crippen molar-refractivity contribution in [2.75, 3.05) is 20.3 Å². The minimum absolute atomic E-state index is 0.0819. The van der Waals surface area contributed by atoms with Crippen LogP contribution in [0, 0.1) is 5.92 Å². The van der Waals surface area contributed by atoms with E-state index in [1.165, 1.54) is 14.0 Å². The molecular weight excluding hydrogens is 228 g/mol. The molecule has 0 heterocycles. The van der Waals surface area contributed by atoms with Gasteiger partial charge in [0.2, 0.25) is 0 Å². The van der Waals surface area contributed by atoms with E-state index in [-0.39, 0.29) is 25.4 Å². The maximum Gasteiger partial charge on any atom is 0.312 e. The third-order valence-electron chi connectivity index (χ3n) is 2.02. The van der Waals surface area contributed by atoms with E-state index in [1.807, 2.05) is 0 Å². The van der Waals surface area contributed by atoms with Gasteiger partial charge in [-0.3, -0.25) is 14.4 Å². The van der Waals surface area contributed by atoms with E-state index in [1.54, 1.807) is 6.92 Å². The summed E-state index contributed by atoms with van der Waals surface area (Å²) in [6, 6.07) is 0. The van der Waals surface area contributed by atoms with Crippen LogP contribution in [0.25, 0.3) is 0 Å². The molecule has 6 nitrogen and oxygen atoms in total. The molecule has 1 atom stereocenters. The molecule has 98 valence electrons. The fraction of sp³-hybridized carbons (Fsp3) is 0.727.